The van der Waals surface area contributed by atoms with Crippen molar-refractivity contribution in [2.75, 3.05) is 7.11 Å². The maximum Gasteiger partial charge on any atom is 0.123 e. The lowest BCUT2D eigenvalue weighted by molar-refractivity contribution is -0.112. The van der Waals surface area contributed by atoms with E-state index in [1.807, 2.05) is 13.8 Å². The second-order valence-electron chi connectivity index (χ2n) is 10.9. The molecule has 0 amide bonds. The van der Waals surface area contributed by atoms with E-state index in [0.29, 0.717) is 16.7 Å². The highest BCUT2D eigenvalue weighted by Crippen LogP contribution is 2.67. The van der Waals surface area contributed by atoms with E-state index in [2.05, 4.69) is 33.8 Å². The molecule has 0 radical (unpaired) electrons. The topological polar surface area (TPSA) is 37.3 Å². The lowest BCUT2D eigenvalue weighted by atomic mass is 9.46. The maximum absolute atomic E-state index is 11.3. The van der Waals surface area contributed by atoms with E-state index in [1.165, 1.54) is 57.7 Å². The van der Waals surface area contributed by atoms with Crippen LogP contribution in [0.2, 0.25) is 0 Å². The van der Waals surface area contributed by atoms with Gasteiger partial charge in [0.15, 0.2) is 0 Å². The second kappa shape index (κ2) is 10.8. The van der Waals surface area contributed by atoms with E-state index in [-0.39, 0.29) is 0 Å². The van der Waals surface area contributed by atoms with Gasteiger partial charge in [0.05, 0.1) is 0 Å². The molecule has 0 aromatic carbocycles. The number of hydrogen-bond donors (Lipinski definition) is 1. The van der Waals surface area contributed by atoms with Gasteiger partial charge >= 0.3 is 0 Å². The minimum absolute atomic E-state index is 0.297. The van der Waals surface area contributed by atoms with Gasteiger partial charge < -0.3 is 9.90 Å². The van der Waals surface area contributed by atoms with Crippen LogP contribution < -0.4 is 0 Å². The van der Waals surface area contributed by atoms with Gasteiger partial charge in [-0.25, -0.2) is 0 Å². The van der Waals surface area contributed by atoms with Crippen LogP contribution in [0.1, 0.15) is 106 Å². The minimum atomic E-state index is 0.297. The first kappa shape index (κ1) is 25.6. The van der Waals surface area contributed by atoms with Gasteiger partial charge in [-0.2, -0.15) is 0 Å². The van der Waals surface area contributed by atoms with Crippen molar-refractivity contribution in [1.29, 1.82) is 0 Å². The normalized spacial score (nSPS) is 42.7. The molecule has 4 aliphatic rings. The molecule has 2 heteroatoms. The van der Waals surface area contributed by atoms with E-state index in [1.54, 1.807) is 5.57 Å². The van der Waals surface area contributed by atoms with Gasteiger partial charge in [-0.1, -0.05) is 66.0 Å². The number of aliphatic hydroxyl groups is 1. The first-order chi connectivity index (χ1) is 14.4. The largest absolute Gasteiger partial charge is 0.400 e. The van der Waals surface area contributed by atoms with Crippen LogP contribution in [-0.2, 0) is 4.79 Å². The lowest BCUT2D eigenvalue weighted by Gasteiger charge is -2.58. The summed E-state index contributed by atoms with van der Waals surface area (Å²) < 4.78 is 0. The molecule has 0 bridgehead atoms. The molecule has 3 saturated carbocycles. The second-order valence-corrected chi connectivity index (χ2v) is 10.9. The highest BCUT2D eigenvalue weighted by Gasteiger charge is 2.59. The van der Waals surface area contributed by atoms with Crippen LogP contribution in [0.5, 0.6) is 0 Å². The average Bonchev–Trinajstić information content (AvgIpc) is 3.13. The highest BCUT2D eigenvalue weighted by atomic mass is 16.2. The Bertz CT molecular complexity index is 581. The average molecular weight is 419 g/mol. The Hall–Kier alpha value is -0.630. The zero-order chi connectivity index (χ0) is 22.5. The highest BCUT2D eigenvalue weighted by molar-refractivity contribution is 5.55. The summed E-state index contributed by atoms with van der Waals surface area (Å²) in [6.07, 6.45) is 17.2. The molecule has 30 heavy (non-hydrogen) atoms. The van der Waals surface area contributed by atoms with Crippen LogP contribution in [0.3, 0.4) is 0 Å². The summed E-state index contributed by atoms with van der Waals surface area (Å²) >= 11 is 0. The van der Waals surface area contributed by atoms with Crippen LogP contribution in [-0.4, -0.2) is 18.5 Å². The van der Waals surface area contributed by atoms with Gasteiger partial charge in [0, 0.05) is 13.0 Å². The third kappa shape index (κ3) is 4.32. The molecule has 0 aromatic heterocycles. The summed E-state index contributed by atoms with van der Waals surface area (Å²) in [5.41, 5.74) is 2.65. The molecule has 0 spiro atoms. The number of carbonyl (C=O) groups excluding carboxylic acids is 1. The Morgan fingerprint density at radius 3 is 2.43 bits per heavy atom. The predicted molar refractivity (Wildman–Crippen MR) is 128 cm³/mol. The Morgan fingerprint density at radius 2 is 1.80 bits per heavy atom. The number of rotatable bonds is 4. The fraction of sp³-hybridized carbons (Fsp3) is 0.893. The fourth-order valence-corrected chi connectivity index (χ4v) is 8.44. The zero-order valence-electron chi connectivity index (χ0n) is 21.0. The fourth-order valence-electron chi connectivity index (χ4n) is 8.44. The molecule has 8 atom stereocenters. The molecular formula is C28H50O2. The minimum Gasteiger partial charge on any atom is -0.400 e. The Kier molecular flexibility index (Phi) is 9.22. The van der Waals surface area contributed by atoms with Gasteiger partial charge in [0.1, 0.15) is 6.29 Å². The summed E-state index contributed by atoms with van der Waals surface area (Å²) in [7, 11) is 1.00. The first-order valence-electron chi connectivity index (χ1n) is 13.0. The molecule has 174 valence electrons. The first-order valence-corrected chi connectivity index (χ1v) is 13.0. The van der Waals surface area contributed by atoms with Crippen molar-refractivity contribution in [3.63, 3.8) is 0 Å². The summed E-state index contributed by atoms with van der Waals surface area (Å²) in [5, 5.41) is 7.00. The summed E-state index contributed by atoms with van der Waals surface area (Å²) in [5.74, 6) is 4.90. The van der Waals surface area contributed by atoms with Crippen molar-refractivity contribution in [1.82, 2.24) is 0 Å². The molecule has 1 N–H and O–H groups in total. The van der Waals surface area contributed by atoms with E-state index in [4.69, 9.17) is 5.11 Å². The van der Waals surface area contributed by atoms with Crippen molar-refractivity contribution in [3.05, 3.63) is 11.6 Å². The van der Waals surface area contributed by atoms with Crippen LogP contribution in [0.4, 0.5) is 0 Å². The monoisotopic (exact) mass is 418 g/mol. The molecule has 4 rings (SSSR count). The number of fused-ring (bicyclic) bond motifs is 5. The molecule has 0 saturated heterocycles. The molecule has 4 aliphatic carbocycles. The molecule has 0 heterocycles. The van der Waals surface area contributed by atoms with Crippen molar-refractivity contribution in [3.8, 4) is 0 Å². The van der Waals surface area contributed by atoms with E-state index >= 15 is 0 Å². The van der Waals surface area contributed by atoms with Crippen LogP contribution in [0.15, 0.2) is 11.6 Å². The quantitative estimate of drug-likeness (QED) is 0.380. The third-order valence-electron chi connectivity index (χ3n) is 9.84. The number of aldehydes is 1. The van der Waals surface area contributed by atoms with Crippen LogP contribution >= 0.6 is 0 Å². The molecule has 0 aromatic rings. The van der Waals surface area contributed by atoms with Gasteiger partial charge in [0.2, 0.25) is 0 Å². The van der Waals surface area contributed by atoms with E-state index in [0.717, 1.165) is 49.5 Å². The molecular weight excluding hydrogens is 368 g/mol. The Labute approximate surface area is 187 Å². The summed E-state index contributed by atoms with van der Waals surface area (Å²) in [6, 6.07) is 0. The zero-order valence-corrected chi connectivity index (χ0v) is 21.0. The van der Waals surface area contributed by atoms with E-state index in [9.17, 15) is 4.79 Å². The van der Waals surface area contributed by atoms with Crippen LogP contribution in [0.25, 0.3) is 0 Å². The Balaban J connectivity index is 0.000000757. The number of aliphatic hydroxyl groups excluding tert-OH is 1. The van der Waals surface area contributed by atoms with Crippen molar-refractivity contribution < 1.29 is 9.90 Å². The van der Waals surface area contributed by atoms with Gasteiger partial charge in [-0.15, -0.1) is 0 Å². The number of carbonyl (C=O) groups is 1. The molecule has 8 unspecified atom stereocenters. The predicted octanol–water partition coefficient (Wildman–Crippen LogP) is 7.45. The SMILES string of the molecule is CC.CCCC(C)C1CCC2C3CC=C4CC(C=O)CCC4(C)C3CCC12C.CO. The van der Waals surface area contributed by atoms with E-state index < -0.39 is 0 Å². The van der Waals surface area contributed by atoms with Crippen molar-refractivity contribution >= 4 is 6.29 Å². The number of allylic oxidation sites excluding steroid dienone is 2. The summed E-state index contributed by atoms with van der Waals surface area (Å²) in [6.45, 7) is 14.1. The van der Waals surface area contributed by atoms with Gasteiger partial charge in [-0.3, -0.25) is 0 Å². The van der Waals surface area contributed by atoms with Crippen molar-refractivity contribution in [2.45, 2.75) is 106 Å². The molecule has 2 nitrogen and oxygen atoms in total. The third-order valence-corrected chi connectivity index (χ3v) is 9.84. The summed E-state index contributed by atoms with van der Waals surface area (Å²) in [4.78, 5) is 11.3. The van der Waals surface area contributed by atoms with Gasteiger partial charge in [-0.05, 0) is 91.8 Å². The molecule has 0 aliphatic heterocycles. The maximum atomic E-state index is 11.3. The smallest absolute Gasteiger partial charge is 0.123 e. The molecule has 3 fully saturated rings. The van der Waals surface area contributed by atoms with Crippen molar-refractivity contribution in [2.24, 2.45) is 46.3 Å². The van der Waals surface area contributed by atoms with Gasteiger partial charge in [0.25, 0.3) is 0 Å². The Morgan fingerprint density at radius 1 is 1.10 bits per heavy atom. The lowest BCUT2D eigenvalue weighted by Crippen LogP contribution is -2.50. The van der Waals surface area contributed by atoms with Crippen LogP contribution in [0, 0.1) is 46.3 Å². The standard InChI is InChI=1S/C25H40O.C2H6.CH4O/c1-5-6-17(2)21-9-10-22-20-8-7-19-15-18(16-26)11-13-24(19,3)23(20)12-14-25(21,22)4;2*1-2/h7,16-18,20-23H,5-6,8-15H2,1-4H3;1-2H3;2H,1H3. The number of hydrogen-bond acceptors (Lipinski definition) is 2.